The van der Waals surface area contributed by atoms with Gasteiger partial charge in [-0.15, -0.1) is 0 Å². The van der Waals surface area contributed by atoms with Crippen molar-refractivity contribution in [1.82, 2.24) is 10.1 Å². The summed E-state index contributed by atoms with van der Waals surface area (Å²) < 4.78 is 56.0. The van der Waals surface area contributed by atoms with Gasteiger partial charge in [0.15, 0.2) is 0 Å². The highest BCUT2D eigenvalue weighted by Crippen LogP contribution is 2.15. The lowest BCUT2D eigenvalue weighted by Crippen LogP contribution is -2.32. The fourth-order valence-corrected chi connectivity index (χ4v) is 4.77. The molecule has 2 heterocycles. The van der Waals surface area contributed by atoms with E-state index in [0.29, 0.717) is 26.2 Å². The van der Waals surface area contributed by atoms with E-state index < -0.39 is 25.3 Å². The van der Waals surface area contributed by atoms with Crippen LogP contribution in [0.5, 0.6) is 0 Å². The lowest BCUT2D eigenvalue weighted by Gasteiger charge is -2.16. The highest BCUT2D eigenvalue weighted by molar-refractivity contribution is 8.03. The van der Waals surface area contributed by atoms with Crippen molar-refractivity contribution in [3.63, 3.8) is 0 Å². The van der Waals surface area contributed by atoms with Crippen LogP contribution in [0.25, 0.3) is 0 Å². The Labute approximate surface area is 113 Å². The maximum atomic E-state index is 11.6. The zero-order valence-corrected chi connectivity index (χ0v) is 12.2. The van der Waals surface area contributed by atoms with Crippen LogP contribution in [0, 0.1) is 0 Å². The molecule has 0 aromatic heterocycles. The van der Waals surface area contributed by atoms with Crippen LogP contribution in [-0.2, 0) is 28.8 Å². The molecule has 2 fully saturated rings. The summed E-state index contributed by atoms with van der Waals surface area (Å²) in [6, 6.07) is 0. The van der Waals surface area contributed by atoms with Crippen LogP contribution in [-0.4, -0.2) is 58.2 Å². The van der Waals surface area contributed by atoms with Crippen LogP contribution in [0.1, 0.15) is 25.7 Å². The summed E-state index contributed by atoms with van der Waals surface area (Å²) in [7, 11) is -8.36. The van der Waals surface area contributed by atoms with E-state index in [1.807, 2.05) is 0 Å². The van der Waals surface area contributed by atoms with E-state index in [1.165, 1.54) is 10.1 Å². The first-order chi connectivity index (χ1) is 8.86. The topological polar surface area (TPSA) is 93.2 Å². The molecule has 0 amide bonds. The summed E-state index contributed by atoms with van der Waals surface area (Å²) >= 11 is 0. The zero-order valence-electron chi connectivity index (χ0n) is 10.5. The average molecular weight is 314 g/mol. The van der Waals surface area contributed by atoms with Crippen molar-refractivity contribution in [2.24, 2.45) is 0 Å². The molecule has 0 spiro atoms. The fraction of sp³-hybridized carbons (Fsp3) is 1.00. The van der Waals surface area contributed by atoms with Crippen LogP contribution in [0.2, 0.25) is 0 Å². The van der Waals surface area contributed by atoms with Crippen LogP contribution in [0.15, 0.2) is 0 Å². The molecule has 112 valence electrons. The fourth-order valence-electron chi connectivity index (χ4n) is 2.07. The van der Waals surface area contributed by atoms with Crippen molar-refractivity contribution in [2.75, 3.05) is 31.3 Å². The van der Waals surface area contributed by atoms with Gasteiger partial charge in [0.2, 0.25) is 5.08 Å². The molecule has 2 aliphatic rings. The van der Waals surface area contributed by atoms with E-state index in [-0.39, 0.29) is 0 Å². The van der Waals surface area contributed by atoms with E-state index in [2.05, 4.69) is 0 Å². The third-order valence-electron chi connectivity index (χ3n) is 2.86. The van der Waals surface area contributed by atoms with Crippen molar-refractivity contribution >= 4 is 20.2 Å². The SMILES string of the molecule is O=S(=O)(CS(=O)(=O)ON1CCCC1)ON1CCCC1. The molecule has 2 saturated heterocycles. The van der Waals surface area contributed by atoms with Gasteiger partial charge in [-0.1, -0.05) is 0 Å². The van der Waals surface area contributed by atoms with Crippen LogP contribution < -0.4 is 0 Å². The van der Waals surface area contributed by atoms with Crippen molar-refractivity contribution in [3.8, 4) is 0 Å². The lowest BCUT2D eigenvalue weighted by molar-refractivity contribution is -0.0306. The second-order valence-corrected chi connectivity index (χ2v) is 8.13. The van der Waals surface area contributed by atoms with Gasteiger partial charge in [0, 0.05) is 26.2 Å². The summed E-state index contributed by atoms with van der Waals surface area (Å²) in [5.41, 5.74) is 0. The standard InChI is InChI=1S/C9H18N2O6S2/c12-18(13,16-10-5-1-2-6-10)9-19(14,15)17-11-7-3-4-8-11/h1-9H2. The van der Waals surface area contributed by atoms with Crippen molar-refractivity contribution < 1.29 is 25.4 Å². The van der Waals surface area contributed by atoms with Gasteiger partial charge in [-0.25, -0.2) is 0 Å². The van der Waals surface area contributed by atoms with E-state index in [0.717, 1.165) is 25.7 Å². The quantitative estimate of drug-likeness (QED) is 0.657. The highest BCUT2D eigenvalue weighted by atomic mass is 32.3. The molecule has 0 unspecified atom stereocenters. The van der Waals surface area contributed by atoms with E-state index >= 15 is 0 Å². The first-order valence-electron chi connectivity index (χ1n) is 6.21. The molecule has 2 aliphatic heterocycles. The minimum Gasteiger partial charge on any atom is -0.197 e. The Balaban J connectivity index is 1.89. The van der Waals surface area contributed by atoms with Gasteiger partial charge in [-0.2, -0.15) is 35.5 Å². The molecule has 0 radical (unpaired) electrons. The van der Waals surface area contributed by atoms with Gasteiger partial charge in [0.05, 0.1) is 0 Å². The molecule has 10 heteroatoms. The summed E-state index contributed by atoms with van der Waals surface area (Å²) in [5, 5.41) is 1.37. The Bertz CT molecular complexity index is 445. The van der Waals surface area contributed by atoms with Gasteiger partial charge in [0.25, 0.3) is 0 Å². The Kier molecular flexibility index (Phi) is 4.79. The summed E-state index contributed by atoms with van der Waals surface area (Å²) in [6.07, 6.45) is 3.36. The monoisotopic (exact) mass is 314 g/mol. The number of rotatable bonds is 6. The van der Waals surface area contributed by atoms with Gasteiger partial charge in [0.1, 0.15) is 0 Å². The number of hydrogen-bond donors (Lipinski definition) is 0. The van der Waals surface area contributed by atoms with E-state index in [9.17, 15) is 16.8 Å². The molecule has 0 aromatic carbocycles. The molecule has 0 N–H and O–H groups in total. The predicted molar refractivity (Wildman–Crippen MR) is 66.5 cm³/mol. The summed E-state index contributed by atoms with van der Waals surface area (Å²) in [4.78, 5) is 0. The van der Waals surface area contributed by atoms with Gasteiger partial charge in [-0.05, 0) is 25.7 Å². The molecule has 0 aromatic rings. The van der Waals surface area contributed by atoms with Gasteiger partial charge < -0.3 is 0 Å². The third kappa shape index (κ3) is 4.97. The largest absolute Gasteiger partial charge is 0.300 e. The molecule has 0 bridgehead atoms. The van der Waals surface area contributed by atoms with Crippen LogP contribution in [0.3, 0.4) is 0 Å². The second-order valence-electron chi connectivity index (χ2n) is 4.65. The molecular weight excluding hydrogens is 296 g/mol. The molecule has 2 rings (SSSR count). The van der Waals surface area contributed by atoms with Gasteiger partial charge in [-0.3, -0.25) is 0 Å². The maximum absolute atomic E-state index is 11.6. The summed E-state index contributed by atoms with van der Waals surface area (Å²) in [5.74, 6) is 0. The first-order valence-corrected chi connectivity index (χ1v) is 9.36. The Morgan fingerprint density at radius 3 is 1.32 bits per heavy atom. The molecule has 8 nitrogen and oxygen atoms in total. The lowest BCUT2D eigenvalue weighted by atomic mass is 10.4. The number of nitrogens with zero attached hydrogens (tertiary/aromatic N) is 2. The zero-order chi connectivity index (χ0) is 13.9. The molecule has 0 aliphatic carbocycles. The molecule has 19 heavy (non-hydrogen) atoms. The summed E-state index contributed by atoms with van der Waals surface area (Å²) in [6.45, 7) is 1.97. The number of hydrogen-bond acceptors (Lipinski definition) is 8. The normalized spacial score (nSPS) is 23.2. The second kappa shape index (κ2) is 6.02. The molecule has 0 saturated carbocycles. The van der Waals surface area contributed by atoms with Gasteiger partial charge >= 0.3 is 20.2 Å². The Morgan fingerprint density at radius 2 is 1.00 bits per heavy atom. The first kappa shape index (κ1) is 15.1. The Hall–Kier alpha value is -0.260. The molecular formula is C9H18N2O6S2. The van der Waals surface area contributed by atoms with E-state index in [4.69, 9.17) is 8.57 Å². The van der Waals surface area contributed by atoms with Crippen LogP contribution in [0.4, 0.5) is 0 Å². The minimum absolute atomic E-state index is 0.492. The average Bonchev–Trinajstić information content (AvgIpc) is 2.87. The van der Waals surface area contributed by atoms with E-state index in [1.54, 1.807) is 0 Å². The molecule has 0 atom stereocenters. The van der Waals surface area contributed by atoms with Crippen molar-refractivity contribution in [1.29, 1.82) is 0 Å². The predicted octanol–water partition coefficient (Wildman–Crippen LogP) is -0.342. The third-order valence-corrected chi connectivity index (χ3v) is 6.04. The van der Waals surface area contributed by atoms with Crippen molar-refractivity contribution in [3.05, 3.63) is 0 Å². The Morgan fingerprint density at radius 1 is 0.684 bits per heavy atom. The smallest absolute Gasteiger partial charge is 0.197 e. The highest BCUT2D eigenvalue weighted by Gasteiger charge is 2.30. The van der Waals surface area contributed by atoms with Crippen molar-refractivity contribution in [2.45, 2.75) is 25.7 Å². The minimum atomic E-state index is -4.18. The number of hydroxylamine groups is 4. The van der Waals surface area contributed by atoms with Crippen LogP contribution >= 0.6 is 0 Å². The maximum Gasteiger partial charge on any atom is 0.300 e.